The van der Waals surface area contributed by atoms with E-state index in [0.717, 1.165) is 50.1 Å². The van der Waals surface area contributed by atoms with Crippen LogP contribution in [-0.2, 0) is 16.8 Å². The highest BCUT2D eigenvalue weighted by molar-refractivity contribution is 5.85. The zero-order valence-corrected chi connectivity index (χ0v) is 19.7. The third-order valence-electron chi connectivity index (χ3n) is 7.35. The van der Waals surface area contributed by atoms with E-state index in [2.05, 4.69) is 11.0 Å². The topological polar surface area (TPSA) is 59.0 Å². The average molecular weight is 476 g/mol. The third-order valence-corrected chi connectivity index (χ3v) is 7.35. The van der Waals surface area contributed by atoms with Crippen molar-refractivity contribution in [3.63, 3.8) is 0 Å². The van der Waals surface area contributed by atoms with E-state index in [9.17, 15) is 14.3 Å². The van der Waals surface area contributed by atoms with Gasteiger partial charge in [0, 0.05) is 29.2 Å². The lowest BCUT2D eigenvalue weighted by Gasteiger charge is -2.39. The maximum atomic E-state index is 14.4. The molecule has 1 aliphatic carbocycles. The fraction of sp³-hybridized carbons (Fsp3) is 0.500. The number of hydrogen-bond acceptors (Lipinski definition) is 4. The largest absolute Gasteiger partial charge is 0.492 e. The van der Waals surface area contributed by atoms with Crippen LogP contribution in [0.5, 0.6) is 11.5 Å². The minimum Gasteiger partial charge on any atom is -0.492 e. The minimum atomic E-state index is -0.744. The predicted molar refractivity (Wildman–Crippen MR) is 126 cm³/mol. The minimum absolute atomic E-state index is 0. The van der Waals surface area contributed by atoms with Gasteiger partial charge in [0.15, 0.2) is 0 Å². The van der Waals surface area contributed by atoms with Crippen LogP contribution in [0, 0.1) is 11.7 Å². The van der Waals surface area contributed by atoms with E-state index >= 15 is 0 Å². The first-order valence-corrected chi connectivity index (χ1v) is 11.6. The van der Waals surface area contributed by atoms with Crippen molar-refractivity contribution in [2.24, 2.45) is 5.92 Å². The number of fused-ring (bicyclic) bond motifs is 2. The Morgan fingerprint density at radius 2 is 2.03 bits per heavy atom. The number of hydrogen-bond donors (Lipinski definition) is 1. The van der Waals surface area contributed by atoms with Gasteiger partial charge in [-0.1, -0.05) is 25.1 Å². The third kappa shape index (κ3) is 4.82. The van der Waals surface area contributed by atoms with E-state index in [-0.39, 0.29) is 36.2 Å². The molecular weight excluding hydrogens is 445 g/mol. The Bertz CT molecular complexity index is 1020. The molecule has 2 fully saturated rings. The lowest BCUT2D eigenvalue weighted by Crippen LogP contribution is -2.45. The highest BCUT2D eigenvalue weighted by Gasteiger charge is 2.43. The molecular formula is C26H31ClFNO4. The van der Waals surface area contributed by atoms with E-state index in [4.69, 9.17) is 9.47 Å². The van der Waals surface area contributed by atoms with Crippen molar-refractivity contribution in [3.05, 3.63) is 58.9 Å². The molecule has 1 spiro atoms. The maximum Gasteiger partial charge on any atom is 0.307 e. The Labute approximate surface area is 200 Å². The zero-order valence-electron chi connectivity index (χ0n) is 18.9. The molecule has 0 amide bonds. The fourth-order valence-electron chi connectivity index (χ4n) is 5.15. The van der Waals surface area contributed by atoms with Crippen molar-refractivity contribution in [3.8, 4) is 11.5 Å². The molecule has 1 saturated carbocycles. The van der Waals surface area contributed by atoms with Gasteiger partial charge in [0.05, 0.1) is 12.5 Å². The molecule has 0 bridgehead atoms. The first-order valence-electron chi connectivity index (χ1n) is 11.6. The number of carboxylic acids is 1. The number of benzene rings is 2. The monoisotopic (exact) mass is 475 g/mol. The average Bonchev–Trinajstić information content (AvgIpc) is 3.58. The van der Waals surface area contributed by atoms with Gasteiger partial charge in [-0.05, 0) is 62.4 Å². The molecule has 1 saturated heterocycles. The predicted octanol–water partition coefficient (Wildman–Crippen LogP) is 5.15. The van der Waals surface area contributed by atoms with Crippen molar-refractivity contribution >= 4 is 18.4 Å². The van der Waals surface area contributed by atoms with Gasteiger partial charge < -0.3 is 19.5 Å². The molecule has 1 unspecified atom stereocenters. The lowest BCUT2D eigenvalue weighted by atomic mass is 9.74. The quantitative estimate of drug-likeness (QED) is 0.600. The molecule has 2 aromatic carbocycles. The van der Waals surface area contributed by atoms with Gasteiger partial charge in [-0.3, -0.25) is 4.79 Å². The van der Waals surface area contributed by atoms with Crippen molar-refractivity contribution < 1.29 is 23.8 Å². The molecule has 0 aromatic heterocycles. The van der Waals surface area contributed by atoms with Crippen molar-refractivity contribution in [1.82, 2.24) is 4.90 Å². The highest BCUT2D eigenvalue weighted by atomic mass is 35.5. The summed E-state index contributed by atoms with van der Waals surface area (Å²) in [7, 11) is 0. The summed E-state index contributed by atoms with van der Waals surface area (Å²) < 4.78 is 26.5. The number of nitrogens with zero attached hydrogens (tertiary/aromatic N) is 1. The molecule has 2 aliphatic heterocycles. The Morgan fingerprint density at radius 3 is 2.73 bits per heavy atom. The highest BCUT2D eigenvalue weighted by Crippen LogP contribution is 2.47. The number of rotatable bonds is 7. The fourth-order valence-corrected chi connectivity index (χ4v) is 5.15. The summed E-state index contributed by atoms with van der Waals surface area (Å²) in [5, 5.41) is 9.17. The Kier molecular flexibility index (Phi) is 6.87. The van der Waals surface area contributed by atoms with Crippen LogP contribution < -0.4 is 9.47 Å². The number of carboxylic acid groups (broad SMARTS) is 1. The number of ether oxygens (including phenoxy) is 2. The second-order valence-electron chi connectivity index (χ2n) is 9.64. The van der Waals surface area contributed by atoms with Crippen LogP contribution in [0.2, 0.25) is 0 Å². The summed E-state index contributed by atoms with van der Waals surface area (Å²) in [4.78, 5) is 13.4. The molecule has 2 heterocycles. The molecule has 1 atom stereocenters. The molecule has 0 radical (unpaired) electrons. The van der Waals surface area contributed by atoms with Crippen molar-refractivity contribution in [2.75, 3.05) is 26.2 Å². The summed E-state index contributed by atoms with van der Waals surface area (Å²) in [5.74, 6) is 0.716. The van der Waals surface area contributed by atoms with Crippen LogP contribution in [0.4, 0.5) is 4.39 Å². The summed E-state index contributed by atoms with van der Waals surface area (Å²) in [5.41, 5.74) is 2.93. The summed E-state index contributed by atoms with van der Waals surface area (Å²) in [6.07, 6.45) is 4.15. The standard InChI is InChI=1S/C26H30FNO4.ClH/c1-17(25(29)30)14-28-11-9-26(10-12-28)16-32-24-13-19(7-8-22(24)26)31-15-21-20(18-5-6-18)3-2-4-23(21)27;/h2-4,7-8,13,17-18H,5-6,9-12,14-16H2,1H3,(H,29,30);1H. The van der Waals surface area contributed by atoms with E-state index < -0.39 is 5.97 Å². The summed E-state index contributed by atoms with van der Waals surface area (Å²) >= 11 is 0. The summed E-state index contributed by atoms with van der Waals surface area (Å²) in [6.45, 7) is 4.96. The number of aliphatic carboxylic acids is 1. The van der Waals surface area contributed by atoms with Gasteiger partial charge in [-0.15, -0.1) is 12.4 Å². The lowest BCUT2D eigenvalue weighted by molar-refractivity contribution is -0.141. The van der Waals surface area contributed by atoms with Crippen molar-refractivity contribution in [2.45, 2.75) is 50.5 Å². The smallest absolute Gasteiger partial charge is 0.307 e. The van der Waals surface area contributed by atoms with Gasteiger partial charge in [-0.25, -0.2) is 4.39 Å². The van der Waals surface area contributed by atoms with Gasteiger partial charge in [0.1, 0.15) is 23.9 Å². The second kappa shape index (κ2) is 9.51. The van der Waals surface area contributed by atoms with Crippen LogP contribution >= 0.6 is 12.4 Å². The first kappa shape index (κ1) is 23.8. The van der Waals surface area contributed by atoms with E-state index in [0.29, 0.717) is 30.4 Å². The Hall–Kier alpha value is -2.31. The van der Waals surface area contributed by atoms with E-state index in [1.165, 1.54) is 11.6 Å². The zero-order chi connectivity index (χ0) is 22.3. The SMILES string of the molecule is CC(CN1CCC2(CC1)COc1cc(OCc3c(F)cccc3C3CC3)ccc12)C(=O)O.Cl. The van der Waals surface area contributed by atoms with Crippen LogP contribution in [0.15, 0.2) is 36.4 Å². The van der Waals surface area contributed by atoms with Crippen molar-refractivity contribution in [1.29, 1.82) is 0 Å². The maximum absolute atomic E-state index is 14.4. The molecule has 5 rings (SSSR count). The Morgan fingerprint density at radius 1 is 1.27 bits per heavy atom. The van der Waals surface area contributed by atoms with E-state index in [1.54, 1.807) is 13.0 Å². The molecule has 1 N–H and O–H groups in total. The number of carbonyl (C=O) groups is 1. The van der Waals surface area contributed by atoms with E-state index in [1.807, 2.05) is 18.2 Å². The van der Waals surface area contributed by atoms with Gasteiger partial charge in [0.2, 0.25) is 0 Å². The Balaban J connectivity index is 0.00000259. The van der Waals surface area contributed by atoms with Gasteiger partial charge in [0.25, 0.3) is 0 Å². The molecule has 5 nitrogen and oxygen atoms in total. The molecule has 7 heteroatoms. The van der Waals surface area contributed by atoms with Crippen LogP contribution in [0.1, 0.15) is 55.2 Å². The number of piperidine rings is 1. The van der Waals surface area contributed by atoms with Gasteiger partial charge >= 0.3 is 5.97 Å². The molecule has 2 aromatic rings. The molecule has 3 aliphatic rings. The number of likely N-dealkylation sites (tertiary alicyclic amines) is 1. The molecule has 178 valence electrons. The van der Waals surface area contributed by atoms with Crippen LogP contribution in [0.3, 0.4) is 0 Å². The number of halogens is 2. The first-order chi connectivity index (χ1) is 15.4. The van der Waals surface area contributed by atoms with Crippen LogP contribution in [-0.4, -0.2) is 42.2 Å². The second-order valence-corrected chi connectivity index (χ2v) is 9.64. The normalized spacial score (nSPS) is 19.9. The summed E-state index contributed by atoms with van der Waals surface area (Å²) in [6, 6.07) is 11.3. The molecule has 33 heavy (non-hydrogen) atoms. The van der Waals surface area contributed by atoms with Crippen LogP contribution in [0.25, 0.3) is 0 Å². The van der Waals surface area contributed by atoms with Gasteiger partial charge in [-0.2, -0.15) is 0 Å².